The van der Waals surface area contributed by atoms with Gasteiger partial charge in [-0.2, -0.15) is 0 Å². The molecule has 0 spiro atoms. The molecule has 2 atom stereocenters. The SMILES string of the molecule is Cc1cc(F)c(Cl)cc1CC(=O)[C@@H]1[C@@H](c2ccc(S(N)(=O)=O)cc2)C1(C)C. The summed E-state index contributed by atoms with van der Waals surface area (Å²) in [5.41, 5.74) is 2.08. The van der Waals surface area contributed by atoms with E-state index in [2.05, 4.69) is 0 Å². The van der Waals surface area contributed by atoms with Gasteiger partial charge in [0.1, 0.15) is 11.6 Å². The molecule has 0 unspecified atom stereocenters. The topological polar surface area (TPSA) is 77.2 Å². The van der Waals surface area contributed by atoms with Crippen molar-refractivity contribution < 1.29 is 17.6 Å². The number of carbonyl (C=O) groups is 1. The van der Waals surface area contributed by atoms with Crippen LogP contribution in [0.25, 0.3) is 0 Å². The largest absolute Gasteiger partial charge is 0.299 e. The fraction of sp³-hybridized carbons (Fsp3) is 0.350. The molecular weight excluding hydrogens is 389 g/mol. The molecule has 1 aliphatic carbocycles. The van der Waals surface area contributed by atoms with Crippen LogP contribution in [0.3, 0.4) is 0 Å². The average Bonchev–Trinajstić information content (AvgIpc) is 3.14. The molecule has 2 aromatic rings. The molecule has 0 radical (unpaired) electrons. The minimum absolute atomic E-state index is 0.00393. The van der Waals surface area contributed by atoms with Crippen molar-refractivity contribution in [3.63, 3.8) is 0 Å². The third-order valence-corrected chi connectivity index (χ3v) is 6.70. The molecule has 7 heteroatoms. The summed E-state index contributed by atoms with van der Waals surface area (Å²) in [5, 5.41) is 5.14. The van der Waals surface area contributed by atoms with Crippen LogP contribution >= 0.6 is 11.6 Å². The Hall–Kier alpha value is -1.76. The number of rotatable bonds is 5. The summed E-state index contributed by atoms with van der Waals surface area (Å²) >= 11 is 5.85. The summed E-state index contributed by atoms with van der Waals surface area (Å²) in [6, 6.07) is 9.19. The maximum absolute atomic E-state index is 13.5. The zero-order valence-electron chi connectivity index (χ0n) is 15.3. The Kier molecular flexibility index (Phi) is 4.95. The maximum Gasteiger partial charge on any atom is 0.238 e. The summed E-state index contributed by atoms with van der Waals surface area (Å²) in [6.07, 6.45) is 0.186. The molecule has 0 aliphatic heterocycles. The maximum atomic E-state index is 13.5. The molecule has 27 heavy (non-hydrogen) atoms. The molecule has 3 rings (SSSR count). The Bertz CT molecular complexity index is 1020. The summed E-state index contributed by atoms with van der Waals surface area (Å²) in [7, 11) is -3.75. The normalized spacial score (nSPS) is 21.1. The van der Waals surface area contributed by atoms with E-state index >= 15 is 0 Å². The van der Waals surface area contributed by atoms with Gasteiger partial charge >= 0.3 is 0 Å². The molecular formula is C20H21ClFNO3S. The van der Waals surface area contributed by atoms with E-state index in [0.29, 0.717) is 5.56 Å². The predicted molar refractivity (Wildman–Crippen MR) is 103 cm³/mol. The number of nitrogens with two attached hydrogens (primary N) is 1. The lowest BCUT2D eigenvalue weighted by Crippen LogP contribution is -2.12. The van der Waals surface area contributed by atoms with Gasteiger partial charge in [0.25, 0.3) is 0 Å². The van der Waals surface area contributed by atoms with Crippen molar-refractivity contribution in [1.82, 2.24) is 0 Å². The van der Waals surface area contributed by atoms with Gasteiger partial charge in [0.2, 0.25) is 10.0 Å². The van der Waals surface area contributed by atoms with Crippen LogP contribution in [-0.2, 0) is 21.2 Å². The number of carbonyl (C=O) groups excluding carboxylic acids is 1. The second-order valence-electron chi connectivity index (χ2n) is 7.73. The van der Waals surface area contributed by atoms with Crippen LogP contribution in [-0.4, -0.2) is 14.2 Å². The Labute approximate surface area is 163 Å². The minimum atomic E-state index is -3.75. The first-order valence-corrected chi connectivity index (χ1v) is 10.5. The van der Waals surface area contributed by atoms with Gasteiger partial charge in [-0.3, -0.25) is 4.79 Å². The molecule has 2 aromatic carbocycles. The van der Waals surface area contributed by atoms with Crippen LogP contribution in [0.4, 0.5) is 4.39 Å². The smallest absolute Gasteiger partial charge is 0.238 e. The average molecular weight is 410 g/mol. The van der Waals surface area contributed by atoms with Crippen molar-refractivity contribution in [2.24, 2.45) is 16.5 Å². The van der Waals surface area contributed by atoms with Crippen LogP contribution in [0.5, 0.6) is 0 Å². The van der Waals surface area contributed by atoms with Gasteiger partial charge in [-0.15, -0.1) is 0 Å². The number of Topliss-reactive ketones (excluding diaryl/α,β-unsaturated/α-hetero) is 1. The van der Waals surface area contributed by atoms with E-state index in [-0.39, 0.29) is 39.4 Å². The molecule has 1 fully saturated rings. The van der Waals surface area contributed by atoms with E-state index in [0.717, 1.165) is 11.1 Å². The highest BCUT2D eigenvalue weighted by molar-refractivity contribution is 7.89. The lowest BCUT2D eigenvalue weighted by atomic mass is 9.98. The van der Waals surface area contributed by atoms with E-state index in [1.807, 2.05) is 13.8 Å². The van der Waals surface area contributed by atoms with Crippen molar-refractivity contribution in [2.45, 2.75) is 38.0 Å². The third kappa shape index (κ3) is 3.79. The van der Waals surface area contributed by atoms with E-state index in [1.54, 1.807) is 19.1 Å². The van der Waals surface area contributed by atoms with E-state index in [4.69, 9.17) is 16.7 Å². The number of hydrogen-bond donors (Lipinski definition) is 1. The molecule has 1 aliphatic rings. The fourth-order valence-electron chi connectivity index (χ4n) is 3.90. The lowest BCUT2D eigenvalue weighted by molar-refractivity contribution is -0.120. The van der Waals surface area contributed by atoms with Gasteiger partial charge < -0.3 is 0 Å². The number of benzene rings is 2. The summed E-state index contributed by atoms with van der Waals surface area (Å²) in [5.74, 6) is -0.631. The number of sulfonamides is 1. The molecule has 0 bridgehead atoms. The quantitative estimate of drug-likeness (QED) is 0.811. The standard InChI is InChI=1S/C20H21ClFNO3S/c1-11-8-16(22)15(21)9-13(11)10-17(24)19-18(20(19,2)3)12-4-6-14(7-5-12)27(23,25)26/h4-9,18-19H,10H2,1-3H3,(H2,23,25,26)/t18-,19-/m1/s1. The monoisotopic (exact) mass is 409 g/mol. The number of aryl methyl sites for hydroxylation is 1. The Balaban J connectivity index is 1.81. The second-order valence-corrected chi connectivity index (χ2v) is 9.70. The van der Waals surface area contributed by atoms with Crippen molar-refractivity contribution in [3.8, 4) is 0 Å². The summed E-state index contributed by atoms with van der Waals surface area (Å²) < 4.78 is 36.3. The van der Waals surface area contributed by atoms with Crippen molar-refractivity contribution in [3.05, 3.63) is 63.9 Å². The van der Waals surface area contributed by atoms with E-state index in [9.17, 15) is 17.6 Å². The van der Waals surface area contributed by atoms with Crippen LogP contribution in [0.2, 0.25) is 5.02 Å². The molecule has 2 N–H and O–H groups in total. The zero-order chi connectivity index (χ0) is 20.1. The fourth-order valence-corrected chi connectivity index (χ4v) is 4.60. The highest BCUT2D eigenvalue weighted by Gasteiger charge is 2.61. The van der Waals surface area contributed by atoms with E-state index < -0.39 is 15.8 Å². The first kappa shape index (κ1) is 20.0. The molecule has 0 amide bonds. The highest BCUT2D eigenvalue weighted by Crippen LogP contribution is 2.65. The van der Waals surface area contributed by atoms with Gasteiger partial charge in [-0.1, -0.05) is 37.6 Å². The van der Waals surface area contributed by atoms with Gasteiger partial charge in [-0.25, -0.2) is 17.9 Å². The summed E-state index contributed by atoms with van der Waals surface area (Å²) in [4.78, 5) is 12.9. The van der Waals surface area contributed by atoms with Gasteiger partial charge in [0.05, 0.1) is 9.92 Å². The van der Waals surface area contributed by atoms with Crippen LogP contribution in [0.1, 0.15) is 36.5 Å². The molecule has 144 valence electrons. The first-order chi connectivity index (χ1) is 12.4. The minimum Gasteiger partial charge on any atom is -0.299 e. The summed E-state index contributed by atoms with van der Waals surface area (Å²) in [6.45, 7) is 5.78. The van der Waals surface area contributed by atoms with E-state index in [1.165, 1.54) is 24.3 Å². The molecule has 0 saturated heterocycles. The number of hydrogen-bond acceptors (Lipinski definition) is 3. The third-order valence-electron chi connectivity index (χ3n) is 5.49. The number of ketones is 1. The first-order valence-electron chi connectivity index (χ1n) is 8.53. The Morgan fingerprint density at radius 1 is 1.22 bits per heavy atom. The Morgan fingerprint density at radius 3 is 2.37 bits per heavy atom. The molecule has 4 nitrogen and oxygen atoms in total. The lowest BCUT2D eigenvalue weighted by Gasteiger charge is -2.07. The molecule has 1 saturated carbocycles. The zero-order valence-corrected chi connectivity index (χ0v) is 16.9. The highest BCUT2D eigenvalue weighted by atomic mass is 35.5. The van der Waals surface area contributed by atoms with Crippen molar-refractivity contribution in [2.75, 3.05) is 0 Å². The van der Waals surface area contributed by atoms with Gasteiger partial charge in [-0.05, 0) is 59.2 Å². The second kappa shape index (κ2) is 6.69. The van der Waals surface area contributed by atoms with Crippen molar-refractivity contribution in [1.29, 1.82) is 0 Å². The Morgan fingerprint density at radius 2 is 1.81 bits per heavy atom. The molecule has 0 aromatic heterocycles. The predicted octanol–water partition coefficient (Wildman–Crippen LogP) is 3.99. The van der Waals surface area contributed by atoms with Crippen LogP contribution in [0, 0.1) is 24.1 Å². The number of primary sulfonamides is 1. The molecule has 0 heterocycles. The van der Waals surface area contributed by atoms with Gasteiger partial charge in [0, 0.05) is 12.3 Å². The van der Waals surface area contributed by atoms with Crippen LogP contribution < -0.4 is 5.14 Å². The number of halogens is 2. The van der Waals surface area contributed by atoms with Crippen molar-refractivity contribution >= 4 is 27.4 Å². The van der Waals surface area contributed by atoms with Gasteiger partial charge in [0.15, 0.2) is 0 Å². The van der Waals surface area contributed by atoms with Crippen LogP contribution in [0.15, 0.2) is 41.3 Å².